The third-order valence-electron chi connectivity index (χ3n) is 7.77. The molecule has 1 saturated heterocycles. The number of piperidine rings is 1. The van der Waals surface area contributed by atoms with Crippen LogP contribution in [0.25, 0.3) is 0 Å². The molecule has 1 aliphatic carbocycles. The van der Waals surface area contributed by atoms with E-state index in [1.807, 2.05) is 24.1 Å². The predicted molar refractivity (Wildman–Crippen MR) is 138 cm³/mol. The van der Waals surface area contributed by atoms with E-state index in [1.54, 1.807) is 18.2 Å². The summed E-state index contributed by atoms with van der Waals surface area (Å²) in [5, 5.41) is 22.0. The zero-order valence-electron chi connectivity index (χ0n) is 21.5. The van der Waals surface area contributed by atoms with Gasteiger partial charge in [-0.15, -0.1) is 0 Å². The smallest absolute Gasteiger partial charge is 0.178 e. The van der Waals surface area contributed by atoms with Crippen LogP contribution in [0.5, 0.6) is 17.2 Å². The van der Waals surface area contributed by atoms with Crippen LogP contribution < -0.4 is 9.47 Å². The number of methoxy groups -OCH3 is 2. The Bertz CT molecular complexity index is 1090. The normalized spacial score (nSPS) is 21.2. The van der Waals surface area contributed by atoms with Gasteiger partial charge in [0, 0.05) is 29.7 Å². The van der Waals surface area contributed by atoms with Gasteiger partial charge in [0.2, 0.25) is 0 Å². The molecule has 0 spiro atoms. The number of β-amino-alcohol motifs (C(OH)–C–C–N with tert-alkyl or cyclic N) is 1. The maximum absolute atomic E-state index is 13.3. The third kappa shape index (κ3) is 5.42. The van der Waals surface area contributed by atoms with E-state index < -0.39 is 24.2 Å². The van der Waals surface area contributed by atoms with Crippen LogP contribution in [0.2, 0.25) is 0 Å². The molecule has 0 amide bonds. The number of aliphatic hydroxyl groups excluding tert-OH is 1. The molecular weight excluding hydrogens is 458 g/mol. The zero-order chi connectivity index (χ0) is 25.8. The monoisotopic (exact) mass is 495 g/mol. The molecule has 2 aromatic rings. The lowest BCUT2D eigenvalue weighted by atomic mass is 9.83. The van der Waals surface area contributed by atoms with Crippen molar-refractivity contribution < 1.29 is 29.3 Å². The topological polar surface area (TPSA) is 96.3 Å². The van der Waals surface area contributed by atoms with E-state index in [0.29, 0.717) is 35.8 Å². The van der Waals surface area contributed by atoms with Crippen molar-refractivity contribution in [2.24, 2.45) is 0 Å². The fourth-order valence-corrected chi connectivity index (χ4v) is 5.73. The molecule has 2 atom stereocenters. The Kier molecular flexibility index (Phi) is 8.32. The van der Waals surface area contributed by atoms with Gasteiger partial charge in [0.15, 0.2) is 11.6 Å². The fourth-order valence-electron chi connectivity index (χ4n) is 5.73. The van der Waals surface area contributed by atoms with Crippen molar-refractivity contribution >= 4 is 11.6 Å². The second kappa shape index (κ2) is 11.4. The maximum atomic E-state index is 13.3. The van der Waals surface area contributed by atoms with Gasteiger partial charge in [0.25, 0.3) is 0 Å². The van der Waals surface area contributed by atoms with Crippen molar-refractivity contribution in [2.75, 3.05) is 34.4 Å². The largest absolute Gasteiger partial charge is 0.507 e. The first-order chi connectivity index (χ1) is 17.3. The van der Waals surface area contributed by atoms with E-state index >= 15 is 0 Å². The van der Waals surface area contributed by atoms with Crippen molar-refractivity contribution in [1.82, 2.24) is 4.90 Å². The molecule has 7 heteroatoms. The zero-order valence-corrected chi connectivity index (χ0v) is 21.5. The number of likely N-dealkylation sites (tertiary alicyclic amines) is 1. The number of hydrogen-bond donors (Lipinski definition) is 2. The molecule has 7 nitrogen and oxygen atoms in total. The minimum atomic E-state index is -0.732. The Hall–Kier alpha value is -2.90. The Labute approximate surface area is 213 Å². The average molecular weight is 496 g/mol. The van der Waals surface area contributed by atoms with E-state index in [9.17, 15) is 19.8 Å². The second-order valence-electron chi connectivity index (χ2n) is 10.1. The van der Waals surface area contributed by atoms with Crippen molar-refractivity contribution in [3.63, 3.8) is 0 Å². The molecule has 2 aliphatic rings. The SMILES string of the molecule is COc1cc(OC)c([C@H]2CCN(C)C[C@H]2O)c(O)c1C(=O)CC(=O)c1ccc(C2CCCCC2)cc1. The summed E-state index contributed by atoms with van der Waals surface area (Å²) in [6, 6.07) is 9.14. The number of likely N-dealkylation sites (N-methyl/N-ethyl adjacent to an activating group) is 1. The van der Waals surface area contributed by atoms with Crippen molar-refractivity contribution in [1.29, 1.82) is 0 Å². The molecule has 36 heavy (non-hydrogen) atoms. The number of aliphatic hydroxyl groups is 1. The third-order valence-corrected chi connectivity index (χ3v) is 7.77. The molecule has 1 heterocycles. The Balaban J connectivity index is 1.58. The van der Waals surface area contributed by atoms with E-state index in [-0.39, 0.29) is 22.8 Å². The number of Topliss-reactive ketones (excluding diaryl/α,β-unsaturated/α-hetero) is 2. The summed E-state index contributed by atoms with van der Waals surface area (Å²) >= 11 is 0. The molecule has 2 fully saturated rings. The standard InChI is InChI=1S/C29H37NO6/c1-30-14-13-21(24(33)17-30)27-25(35-2)16-26(36-3)28(29(27)34)23(32)15-22(31)20-11-9-19(10-12-20)18-7-5-4-6-8-18/h9-12,16,18,21,24,33-34H,4-8,13-15,17H2,1-3H3/t21-,24+/m0/s1. The van der Waals surface area contributed by atoms with Crippen LogP contribution in [0.15, 0.2) is 30.3 Å². The lowest BCUT2D eigenvalue weighted by Gasteiger charge is -2.35. The number of hydrogen-bond acceptors (Lipinski definition) is 7. The number of rotatable bonds is 8. The quantitative estimate of drug-likeness (QED) is 0.405. The number of ketones is 2. The second-order valence-corrected chi connectivity index (χ2v) is 10.1. The van der Waals surface area contributed by atoms with Gasteiger partial charge in [-0.1, -0.05) is 43.5 Å². The Morgan fingerprint density at radius 1 is 0.972 bits per heavy atom. The number of phenolic OH excluding ortho intramolecular Hbond substituents is 1. The van der Waals surface area contributed by atoms with Crippen LogP contribution >= 0.6 is 0 Å². The van der Waals surface area contributed by atoms with Gasteiger partial charge in [-0.2, -0.15) is 0 Å². The maximum Gasteiger partial charge on any atom is 0.178 e. The summed E-state index contributed by atoms with van der Waals surface area (Å²) < 4.78 is 10.9. The van der Waals surface area contributed by atoms with Gasteiger partial charge in [-0.25, -0.2) is 0 Å². The van der Waals surface area contributed by atoms with Crippen molar-refractivity contribution in [3.05, 3.63) is 52.6 Å². The van der Waals surface area contributed by atoms with Crippen LogP contribution in [-0.2, 0) is 0 Å². The average Bonchev–Trinajstić information content (AvgIpc) is 2.89. The van der Waals surface area contributed by atoms with Crippen LogP contribution in [0.3, 0.4) is 0 Å². The Morgan fingerprint density at radius 3 is 2.25 bits per heavy atom. The highest BCUT2D eigenvalue weighted by molar-refractivity contribution is 6.15. The molecular formula is C29H37NO6. The molecule has 1 aliphatic heterocycles. The molecule has 2 N–H and O–H groups in total. The van der Waals surface area contributed by atoms with Crippen LogP contribution in [0.4, 0.5) is 0 Å². The van der Waals surface area contributed by atoms with Gasteiger partial charge in [0.1, 0.15) is 22.8 Å². The van der Waals surface area contributed by atoms with Crippen molar-refractivity contribution in [3.8, 4) is 17.2 Å². The van der Waals surface area contributed by atoms with E-state index in [1.165, 1.54) is 51.9 Å². The summed E-state index contributed by atoms with van der Waals surface area (Å²) in [6.45, 7) is 1.17. The highest BCUT2D eigenvalue weighted by atomic mass is 16.5. The lowest BCUT2D eigenvalue weighted by molar-refractivity contribution is 0.0618. The van der Waals surface area contributed by atoms with Crippen LogP contribution in [0.1, 0.15) is 88.6 Å². The van der Waals surface area contributed by atoms with Crippen LogP contribution in [-0.4, -0.2) is 67.1 Å². The Morgan fingerprint density at radius 2 is 1.64 bits per heavy atom. The lowest BCUT2D eigenvalue weighted by Crippen LogP contribution is -2.40. The van der Waals surface area contributed by atoms with Crippen molar-refractivity contribution in [2.45, 2.75) is 62.9 Å². The molecule has 0 unspecified atom stereocenters. The van der Waals surface area contributed by atoms with Gasteiger partial charge >= 0.3 is 0 Å². The van der Waals surface area contributed by atoms with Crippen LogP contribution in [0, 0.1) is 0 Å². The number of benzene rings is 2. The summed E-state index contributed by atoms with van der Waals surface area (Å²) in [6.07, 6.45) is 5.59. The van der Waals surface area contributed by atoms with E-state index in [0.717, 1.165) is 6.54 Å². The van der Waals surface area contributed by atoms with Gasteiger partial charge in [-0.05, 0) is 44.3 Å². The van der Waals surface area contributed by atoms with Gasteiger partial charge in [0.05, 0.1) is 26.7 Å². The minimum absolute atomic E-state index is 0.0494. The number of nitrogens with zero attached hydrogens (tertiary/aromatic N) is 1. The number of carbonyl (C=O) groups is 2. The number of aromatic hydroxyl groups is 1. The molecule has 1 saturated carbocycles. The molecule has 0 bridgehead atoms. The van der Waals surface area contributed by atoms with Gasteiger partial charge < -0.3 is 24.6 Å². The highest BCUT2D eigenvalue weighted by Crippen LogP contribution is 2.46. The van der Waals surface area contributed by atoms with E-state index in [2.05, 4.69) is 0 Å². The summed E-state index contributed by atoms with van der Waals surface area (Å²) in [5.74, 6) is -0.509. The minimum Gasteiger partial charge on any atom is -0.507 e. The molecule has 0 radical (unpaired) electrons. The molecule has 4 rings (SSSR count). The fraction of sp³-hybridized carbons (Fsp3) is 0.517. The number of carbonyl (C=O) groups excluding carboxylic acids is 2. The molecule has 0 aromatic heterocycles. The highest BCUT2D eigenvalue weighted by Gasteiger charge is 2.35. The van der Waals surface area contributed by atoms with Gasteiger partial charge in [-0.3, -0.25) is 9.59 Å². The molecule has 194 valence electrons. The number of ether oxygens (including phenoxy) is 2. The first kappa shape index (κ1) is 26.2. The van der Waals surface area contributed by atoms with E-state index in [4.69, 9.17) is 9.47 Å². The number of phenols is 1. The molecule has 2 aromatic carbocycles. The summed E-state index contributed by atoms with van der Waals surface area (Å²) in [4.78, 5) is 28.4. The predicted octanol–water partition coefficient (Wildman–Crippen LogP) is 4.69. The summed E-state index contributed by atoms with van der Waals surface area (Å²) in [5.41, 5.74) is 2.05. The first-order valence-electron chi connectivity index (χ1n) is 12.8. The first-order valence-corrected chi connectivity index (χ1v) is 12.8. The summed E-state index contributed by atoms with van der Waals surface area (Å²) in [7, 11) is 4.80.